The van der Waals surface area contributed by atoms with Crippen molar-refractivity contribution in [3.63, 3.8) is 0 Å². The van der Waals surface area contributed by atoms with E-state index in [1.54, 1.807) is 24.3 Å². The van der Waals surface area contributed by atoms with Crippen molar-refractivity contribution in [2.45, 2.75) is 32.5 Å². The molecular weight excluding hydrogens is 543 g/mol. The fourth-order valence-electron chi connectivity index (χ4n) is 5.01. The summed E-state index contributed by atoms with van der Waals surface area (Å²) in [5.41, 5.74) is 5.88. The van der Waals surface area contributed by atoms with Gasteiger partial charge in [-0.05, 0) is 79.1 Å². The van der Waals surface area contributed by atoms with Gasteiger partial charge in [-0.25, -0.2) is 0 Å². The van der Waals surface area contributed by atoms with Crippen molar-refractivity contribution < 1.29 is 27.9 Å². The minimum atomic E-state index is -4.45. The molecule has 0 aliphatic carbocycles. The van der Waals surface area contributed by atoms with Gasteiger partial charge >= 0.3 is 6.18 Å². The summed E-state index contributed by atoms with van der Waals surface area (Å²) in [4.78, 5) is 24.6. The molecule has 9 heteroatoms. The van der Waals surface area contributed by atoms with Gasteiger partial charge in [0.15, 0.2) is 0 Å². The molecule has 0 fully saturated rings. The molecule has 2 heterocycles. The number of amides is 2. The molecule has 0 spiro atoms. The lowest BCUT2D eigenvalue weighted by Crippen LogP contribution is -2.34. The van der Waals surface area contributed by atoms with Crippen molar-refractivity contribution in [3.8, 4) is 5.69 Å². The maximum Gasteiger partial charge on any atom is 0.416 e. The molecule has 2 amide bonds. The van der Waals surface area contributed by atoms with Gasteiger partial charge in [0.05, 0.1) is 5.56 Å². The van der Waals surface area contributed by atoms with Crippen LogP contribution in [0.1, 0.15) is 33.6 Å². The number of hydrogen-bond donors (Lipinski definition) is 3. The van der Waals surface area contributed by atoms with Crippen LogP contribution in [0.25, 0.3) is 11.3 Å². The topological polar surface area (TPSA) is 83.4 Å². The number of aryl methyl sites for hydroxylation is 2. The lowest BCUT2D eigenvalue weighted by molar-refractivity contribution is -0.137. The fourth-order valence-corrected chi connectivity index (χ4v) is 5.01. The van der Waals surface area contributed by atoms with Crippen LogP contribution in [0.4, 0.5) is 24.5 Å². The number of anilines is 2. The average molecular weight is 572 g/mol. The Kier molecular flexibility index (Phi) is 7.87. The normalized spacial score (nSPS) is 15.4. The van der Waals surface area contributed by atoms with E-state index in [0.717, 1.165) is 34.8 Å². The number of rotatable bonds is 6. The predicted molar refractivity (Wildman–Crippen MR) is 156 cm³/mol. The third-order valence-corrected chi connectivity index (χ3v) is 7.13. The molecule has 0 saturated carbocycles. The molecule has 0 saturated heterocycles. The monoisotopic (exact) mass is 571 g/mol. The number of fused-ring (bicyclic) bond motifs is 1. The Balaban J connectivity index is 1.43. The second kappa shape index (κ2) is 11.5. The Hall–Kier alpha value is -4.89. The van der Waals surface area contributed by atoms with E-state index in [9.17, 15) is 27.9 Å². The molecule has 1 aliphatic rings. The fraction of sp³-hybridized carbons (Fsp3) is 0.152. The molecule has 0 bridgehead atoms. The maximum absolute atomic E-state index is 13.2. The first-order valence-electron chi connectivity index (χ1n) is 13.2. The van der Waals surface area contributed by atoms with Gasteiger partial charge in [-0.1, -0.05) is 42.5 Å². The standard InChI is InChI=1S/C33H28F3N3O3/c1-20-9-10-21(2)39(20)25-17-13-23(14-18-25)26(22-11-15-24(16-12-22)33(34,35)36)5-3-8-31(41)37-28-6-4-7-29-27(28)19-30(40)32(42)38-29/h3-18,30,40H,19H2,1-2H3,(H,37,41)(H,38,42). The van der Waals surface area contributed by atoms with Crippen LogP contribution < -0.4 is 10.6 Å². The highest BCUT2D eigenvalue weighted by atomic mass is 19.4. The zero-order valence-corrected chi connectivity index (χ0v) is 22.9. The van der Waals surface area contributed by atoms with Crippen LogP contribution in [-0.2, 0) is 22.2 Å². The second-order valence-corrected chi connectivity index (χ2v) is 10.0. The highest BCUT2D eigenvalue weighted by Gasteiger charge is 2.30. The van der Waals surface area contributed by atoms with Crippen molar-refractivity contribution in [1.82, 2.24) is 4.57 Å². The summed E-state index contributed by atoms with van der Waals surface area (Å²) in [5.74, 6) is -0.954. The Morgan fingerprint density at radius 3 is 2.19 bits per heavy atom. The smallest absolute Gasteiger partial charge is 0.383 e. The number of allylic oxidation sites excluding steroid dienone is 2. The van der Waals surface area contributed by atoms with E-state index in [4.69, 9.17) is 0 Å². The van der Waals surface area contributed by atoms with Crippen molar-refractivity contribution in [3.05, 3.63) is 131 Å². The van der Waals surface area contributed by atoms with Crippen LogP contribution in [0.3, 0.4) is 0 Å². The number of aliphatic hydroxyl groups is 1. The van der Waals surface area contributed by atoms with Gasteiger partial charge in [-0.2, -0.15) is 13.2 Å². The van der Waals surface area contributed by atoms with E-state index in [-0.39, 0.29) is 6.42 Å². The molecule has 0 radical (unpaired) electrons. The molecule has 1 atom stereocenters. The second-order valence-electron chi connectivity index (χ2n) is 10.0. The summed E-state index contributed by atoms with van der Waals surface area (Å²) in [6, 6.07) is 21.6. The van der Waals surface area contributed by atoms with Gasteiger partial charge in [0, 0.05) is 46.5 Å². The van der Waals surface area contributed by atoms with Gasteiger partial charge in [0.25, 0.3) is 5.91 Å². The summed E-state index contributed by atoms with van der Waals surface area (Å²) < 4.78 is 41.7. The minimum absolute atomic E-state index is 0.0668. The maximum atomic E-state index is 13.2. The van der Waals surface area contributed by atoms with Gasteiger partial charge in [0.2, 0.25) is 5.91 Å². The highest BCUT2D eigenvalue weighted by molar-refractivity contribution is 6.03. The number of benzene rings is 3. The molecule has 214 valence electrons. The number of carbonyl (C=O) groups is 2. The number of alkyl halides is 3. The number of carbonyl (C=O) groups excluding carboxylic acids is 2. The molecule has 5 rings (SSSR count). The van der Waals surface area contributed by atoms with Crippen LogP contribution in [-0.4, -0.2) is 27.6 Å². The van der Waals surface area contributed by atoms with Crippen molar-refractivity contribution >= 4 is 28.8 Å². The first kappa shape index (κ1) is 28.6. The Labute approximate surface area is 240 Å². The lowest BCUT2D eigenvalue weighted by atomic mass is 9.96. The summed E-state index contributed by atoms with van der Waals surface area (Å²) in [6.45, 7) is 4.02. The van der Waals surface area contributed by atoms with E-state index >= 15 is 0 Å². The number of nitrogens with zero attached hydrogens (tertiary/aromatic N) is 1. The number of aromatic nitrogens is 1. The molecule has 42 heavy (non-hydrogen) atoms. The zero-order chi connectivity index (χ0) is 30.0. The number of halogens is 3. The van der Waals surface area contributed by atoms with Crippen molar-refractivity contribution in [2.75, 3.05) is 10.6 Å². The molecule has 1 unspecified atom stereocenters. The number of hydrogen-bond acceptors (Lipinski definition) is 3. The van der Waals surface area contributed by atoms with Gasteiger partial charge in [0.1, 0.15) is 6.10 Å². The highest BCUT2D eigenvalue weighted by Crippen LogP contribution is 2.32. The molecule has 1 aliphatic heterocycles. The Morgan fingerprint density at radius 1 is 0.952 bits per heavy atom. The summed E-state index contributed by atoms with van der Waals surface area (Å²) in [6.07, 6.45) is -1.09. The first-order valence-corrected chi connectivity index (χ1v) is 13.2. The SMILES string of the molecule is Cc1ccc(C)n1-c1ccc(C(=CC=CC(=O)Nc2cccc3c2CC(O)C(=O)N3)c2ccc(C(F)(F)F)cc2)cc1. The van der Waals surface area contributed by atoms with Crippen LogP contribution >= 0.6 is 0 Å². The van der Waals surface area contributed by atoms with Crippen LogP contribution in [0, 0.1) is 13.8 Å². The minimum Gasteiger partial charge on any atom is -0.383 e. The Bertz CT molecular complexity index is 1680. The van der Waals surface area contributed by atoms with E-state index in [0.29, 0.717) is 28.1 Å². The number of nitrogens with one attached hydrogen (secondary N) is 2. The molecular formula is C33H28F3N3O3. The van der Waals surface area contributed by atoms with E-state index < -0.39 is 29.7 Å². The quantitative estimate of drug-likeness (QED) is 0.180. The third kappa shape index (κ3) is 6.06. The molecule has 3 N–H and O–H groups in total. The summed E-state index contributed by atoms with van der Waals surface area (Å²) in [5, 5.41) is 15.3. The summed E-state index contributed by atoms with van der Waals surface area (Å²) in [7, 11) is 0. The molecule has 3 aromatic carbocycles. The largest absolute Gasteiger partial charge is 0.416 e. The Morgan fingerprint density at radius 2 is 1.57 bits per heavy atom. The van der Waals surface area contributed by atoms with Crippen molar-refractivity contribution in [1.29, 1.82) is 0 Å². The van der Waals surface area contributed by atoms with E-state index in [1.807, 2.05) is 50.2 Å². The molecule has 1 aromatic heterocycles. The van der Waals surface area contributed by atoms with Gasteiger partial charge in [-0.15, -0.1) is 0 Å². The average Bonchev–Trinajstić information content (AvgIpc) is 3.29. The van der Waals surface area contributed by atoms with Gasteiger partial charge in [-0.3, -0.25) is 9.59 Å². The van der Waals surface area contributed by atoms with Crippen LogP contribution in [0.2, 0.25) is 0 Å². The molecule has 6 nitrogen and oxygen atoms in total. The third-order valence-electron chi connectivity index (χ3n) is 7.13. The molecule has 4 aromatic rings. The lowest BCUT2D eigenvalue weighted by Gasteiger charge is -2.23. The van der Waals surface area contributed by atoms with E-state index in [1.165, 1.54) is 24.3 Å². The first-order chi connectivity index (χ1) is 20.0. The van der Waals surface area contributed by atoms with Gasteiger partial charge < -0.3 is 20.3 Å². The predicted octanol–water partition coefficient (Wildman–Crippen LogP) is 6.60. The van der Waals surface area contributed by atoms with Crippen molar-refractivity contribution in [2.24, 2.45) is 0 Å². The van der Waals surface area contributed by atoms with E-state index in [2.05, 4.69) is 15.2 Å². The number of aliphatic hydroxyl groups excluding tert-OH is 1. The summed E-state index contributed by atoms with van der Waals surface area (Å²) >= 11 is 0. The zero-order valence-electron chi connectivity index (χ0n) is 22.9. The van der Waals surface area contributed by atoms with Crippen LogP contribution in [0.5, 0.6) is 0 Å². The van der Waals surface area contributed by atoms with Crippen LogP contribution in [0.15, 0.2) is 97.1 Å².